The summed E-state index contributed by atoms with van der Waals surface area (Å²) in [5.41, 5.74) is 4.01. The number of amides is 2. The molecule has 0 aromatic heterocycles. The first kappa shape index (κ1) is 26.9. The molecule has 1 N–H and O–H groups in total. The molecule has 0 spiro atoms. The molecule has 1 saturated heterocycles. The molecule has 0 unspecified atom stereocenters. The number of hydrogen-bond donors (Lipinski definition) is 1. The highest BCUT2D eigenvalue weighted by atomic mass is 19.1. The minimum atomic E-state index is -0.191. The smallest absolute Gasteiger partial charge is 0.251 e. The second-order valence-electron chi connectivity index (χ2n) is 10.3. The van der Waals surface area contributed by atoms with Crippen LogP contribution in [-0.4, -0.2) is 50.4 Å². The van der Waals surface area contributed by atoms with E-state index in [1.807, 2.05) is 49.9 Å². The molecule has 3 rings (SSSR count). The van der Waals surface area contributed by atoms with E-state index in [0.717, 1.165) is 49.0 Å². The molecule has 190 valence electrons. The van der Waals surface area contributed by atoms with Gasteiger partial charge in [0.05, 0.1) is 0 Å². The summed E-state index contributed by atoms with van der Waals surface area (Å²) in [6.45, 7) is 8.14. The van der Waals surface area contributed by atoms with Crippen LogP contribution in [0.2, 0.25) is 0 Å². The topological polar surface area (TPSA) is 52.7 Å². The van der Waals surface area contributed by atoms with Crippen LogP contribution in [0.15, 0.2) is 36.4 Å². The van der Waals surface area contributed by atoms with Gasteiger partial charge in [0.25, 0.3) is 5.91 Å². The van der Waals surface area contributed by atoms with Crippen molar-refractivity contribution in [1.29, 1.82) is 0 Å². The Morgan fingerprint density at radius 3 is 2.46 bits per heavy atom. The first-order valence-electron chi connectivity index (χ1n) is 12.8. The predicted octanol–water partition coefficient (Wildman–Crippen LogP) is 5.14. The number of rotatable bonds is 10. The van der Waals surface area contributed by atoms with Crippen LogP contribution in [0.5, 0.6) is 0 Å². The van der Waals surface area contributed by atoms with E-state index >= 15 is 0 Å². The van der Waals surface area contributed by atoms with E-state index in [9.17, 15) is 14.0 Å². The number of aryl methyl sites for hydroxylation is 2. The van der Waals surface area contributed by atoms with Gasteiger partial charge in [0.1, 0.15) is 5.82 Å². The number of carbonyl (C=O) groups is 2. The number of benzene rings is 2. The molecule has 1 aliphatic heterocycles. The van der Waals surface area contributed by atoms with Crippen molar-refractivity contribution >= 4 is 17.5 Å². The third-order valence-corrected chi connectivity index (χ3v) is 6.87. The van der Waals surface area contributed by atoms with Crippen LogP contribution in [0.3, 0.4) is 0 Å². The summed E-state index contributed by atoms with van der Waals surface area (Å²) < 4.78 is 14.2. The second kappa shape index (κ2) is 12.3. The summed E-state index contributed by atoms with van der Waals surface area (Å²) in [7, 11) is 4.13. The fourth-order valence-electron chi connectivity index (χ4n) is 5.16. The van der Waals surface area contributed by atoms with Crippen LogP contribution >= 0.6 is 0 Å². The number of anilines is 1. The Hall–Kier alpha value is -2.73. The molecular formula is C29H40FN3O2. The summed E-state index contributed by atoms with van der Waals surface area (Å²) in [5.74, 6) is -0.130. The minimum absolute atomic E-state index is 0.0777. The largest absolute Gasteiger partial charge is 0.352 e. The van der Waals surface area contributed by atoms with Crippen molar-refractivity contribution in [3.8, 4) is 0 Å². The highest BCUT2D eigenvalue weighted by Crippen LogP contribution is 2.34. The molecule has 2 aromatic rings. The third-order valence-electron chi connectivity index (χ3n) is 6.87. The Morgan fingerprint density at radius 2 is 1.80 bits per heavy atom. The van der Waals surface area contributed by atoms with Crippen LogP contribution in [-0.2, 0) is 11.2 Å². The van der Waals surface area contributed by atoms with Crippen molar-refractivity contribution in [2.45, 2.75) is 52.9 Å². The van der Waals surface area contributed by atoms with E-state index in [1.165, 1.54) is 6.07 Å². The zero-order valence-corrected chi connectivity index (χ0v) is 21.9. The van der Waals surface area contributed by atoms with Crippen molar-refractivity contribution in [2.75, 3.05) is 38.6 Å². The molecule has 0 saturated carbocycles. The zero-order valence-electron chi connectivity index (χ0n) is 21.9. The number of carbonyl (C=O) groups excluding carboxylic acids is 2. The second-order valence-corrected chi connectivity index (χ2v) is 10.3. The van der Waals surface area contributed by atoms with Crippen molar-refractivity contribution in [3.05, 3.63) is 64.5 Å². The monoisotopic (exact) mass is 481 g/mol. The van der Waals surface area contributed by atoms with Gasteiger partial charge < -0.3 is 15.1 Å². The molecule has 6 heteroatoms. The average Bonchev–Trinajstić information content (AvgIpc) is 2.79. The summed E-state index contributed by atoms with van der Waals surface area (Å²) in [6.07, 6.45) is 4.51. The number of nitrogens with one attached hydrogen (secondary N) is 1. The molecule has 35 heavy (non-hydrogen) atoms. The van der Waals surface area contributed by atoms with Gasteiger partial charge in [-0.2, -0.15) is 0 Å². The average molecular weight is 482 g/mol. The van der Waals surface area contributed by atoms with E-state index in [-0.39, 0.29) is 29.5 Å². The summed E-state index contributed by atoms with van der Waals surface area (Å²) in [6, 6.07) is 10.6. The molecule has 1 fully saturated rings. The Morgan fingerprint density at radius 1 is 1.11 bits per heavy atom. The van der Waals surface area contributed by atoms with Gasteiger partial charge in [-0.05, 0) is 101 Å². The van der Waals surface area contributed by atoms with Gasteiger partial charge in [-0.1, -0.05) is 31.5 Å². The summed E-state index contributed by atoms with van der Waals surface area (Å²) in [4.78, 5) is 29.9. The van der Waals surface area contributed by atoms with Gasteiger partial charge in [-0.3, -0.25) is 9.59 Å². The van der Waals surface area contributed by atoms with Gasteiger partial charge in [0.15, 0.2) is 0 Å². The molecule has 1 aliphatic rings. The highest BCUT2D eigenvalue weighted by molar-refractivity contribution is 5.99. The van der Waals surface area contributed by atoms with Crippen LogP contribution in [0, 0.1) is 31.5 Å². The van der Waals surface area contributed by atoms with E-state index in [4.69, 9.17) is 0 Å². The van der Waals surface area contributed by atoms with Crippen molar-refractivity contribution in [1.82, 2.24) is 10.2 Å². The summed E-state index contributed by atoms with van der Waals surface area (Å²) in [5, 5.41) is 3.03. The Bertz CT molecular complexity index is 1010. The van der Waals surface area contributed by atoms with Crippen molar-refractivity contribution in [2.24, 2.45) is 11.8 Å². The van der Waals surface area contributed by atoms with Crippen LogP contribution in [0.25, 0.3) is 0 Å². The maximum absolute atomic E-state index is 14.2. The number of unbranched alkanes of at least 4 members (excludes halogenated alkanes) is 2. The number of nitrogens with zero attached hydrogens (tertiary/aromatic N) is 2. The molecular weight excluding hydrogens is 441 g/mol. The number of halogens is 1. The van der Waals surface area contributed by atoms with Crippen LogP contribution < -0.4 is 10.2 Å². The normalized spacial score (nSPS) is 18.3. The lowest BCUT2D eigenvalue weighted by molar-refractivity contribution is -0.124. The molecule has 1 heterocycles. The lowest BCUT2D eigenvalue weighted by atomic mass is 9.84. The van der Waals surface area contributed by atoms with Crippen LogP contribution in [0.4, 0.5) is 10.1 Å². The molecule has 2 atom stereocenters. The van der Waals surface area contributed by atoms with Gasteiger partial charge in [0.2, 0.25) is 5.91 Å². The van der Waals surface area contributed by atoms with Gasteiger partial charge in [-0.15, -0.1) is 0 Å². The molecule has 5 nitrogen and oxygen atoms in total. The maximum Gasteiger partial charge on any atom is 0.251 e. The third kappa shape index (κ3) is 7.14. The molecule has 2 aromatic carbocycles. The number of piperidine rings is 1. The minimum Gasteiger partial charge on any atom is -0.352 e. The first-order chi connectivity index (χ1) is 16.7. The van der Waals surface area contributed by atoms with Crippen molar-refractivity contribution < 1.29 is 14.0 Å². The van der Waals surface area contributed by atoms with Gasteiger partial charge in [0, 0.05) is 30.3 Å². The fraction of sp³-hybridized carbons (Fsp3) is 0.517. The standard InChI is InChI=1S/C29H40FN3O2/c1-20-16-25(28(34)31-13-9-6-10-14-32(4)5)17-21(2)27(20)33-19-23(15-22(3)29(33)35)18-24-11-7-8-12-26(24)30/h7-8,11-12,16-17,22-23H,6,9-10,13-15,18-19H2,1-5H3,(H,31,34)/t22-,23-/m1/s1. The van der Waals surface area contributed by atoms with E-state index in [2.05, 4.69) is 24.3 Å². The quantitative estimate of drug-likeness (QED) is 0.479. The molecule has 0 aliphatic carbocycles. The maximum atomic E-state index is 14.2. The Labute approximate surface area is 209 Å². The summed E-state index contributed by atoms with van der Waals surface area (Å²) >= 11 is 0. The Kier molecular flexibility index (Phi) is 9.44. The molecule has 2 amide bonds. The lowest BCUT2D eigenvalue weighted by Crippen LogP contribution is -2.46. The van der Waals surface area contributed by atoms with Crippen LogP contribution in [0.1, 0.15) is 59.7 Å². The van der Waals surface area contributed by atoms with Gasteiger partial charge >= 0.3 is 0 Å². The zero-order chi connectivity index (χ0) is 25.5. The van der Waals surface area contributed by atoms with E-state index < -0.39 is 0 Å². The molecule has 0 bridgehead atoms. The van der Waals surface area contributed by atoms with Gasteiger partial charge in [-0.25, -0.2) is 4.39 Å². The van der Waals surface area contributed by atoms with E-state index in [0.29, 0.717) is 30.6 Å². The SMILES string of the molecule is Cc1cc(C(=O)NCCCCCN(C)C)cc(C)c1N1C[C@@H](Cc2ccccc2F)C[C@@H](C)C1=O. The highest BCUT2D eigenvalue weighted by Gasteiger charge is 2.34. The predicted molar refractivity (Wildman–Crippen MR) is 140 cm³/mol. The van der Waals surface area contributed by atoms with Crippen molar-refractivity contribution in [3.63, 3.8) is 0 Å². The van der Waals surface area contributed by atoms with E-state index in [1.54, 1.807) is 6.07 Å². The first-order valence-corrected chi connectivity index (χ1v) is 12.8. The lowest BCUT2D eigenvalue weighted by Gasteiger charge is -2.38. The molecule has 0 radical (unpaired) electrons. The Balaban J connectivity index is 1.68. The number of hydrogen-bond acceptors (Lipinski definition) is 3. The fourth-order valence-corrected chi connectivity index (χ4v) is 5.16.